The fourth-order valence-corrected chi connectivity index (χ4v) is 8.85. The predicted molar refractivity (Wildman–Crippen MR) is 142 cm³/mol. The van der Waals surface area contributed by atoms with Crippen LogP contribution < -0.4 is 4.74 Å². The van der Waals surface area contributed by atoms with Crippen molar-refractivity contribution in [3.63, 3.8) is 0 Å². The molecule has 0 radical (unpaired) electrons. The van der Waals surface area contributed by atoms with Gasteiger partial charge in [0, 0.05) is 31.1 Å². The topological polar surface area (TPSA) is 114 Å². The number of likely N-dealkylation sites (tertiary alicyclic amines) is 1. The van der Waals surface area contributed by atoms with Gasteiger partial charge in [-0.15, -0.1) is 0 Å². The van der Waals surface area contributed by atoms with E-state index in [2.05, 4.69) is 4.90 Å². The minimum atomic E-state index is -1.07. The third-order valence-electron chi connectivity index (χ3n) is 11.1. The molecule has 3 saturated carbocycles. The number of ether oxygens (including phenoxy) is 1. The van der Waals surface area contributed by atoms with Crippen LogP contribution in [0, 0.1) is 5.92 Å². The number of aliphatic hydroxyl groups is 2. The highest BCUT2D eigenvalue weighted by atomic mass is 16.5. The van der Waals surface area contributed by atoms with Crippen LogP contribution in [-0.2, 0) is 16.6 Å². The standard InChI is InChI=1S/C31H36N2O6/c1-32(28(36)21-15-20(21)17-2-5-19(34)6-3-17)22-8-9-31(38)24-14-18-4-7-23(35)26-25(18)30(31,27(22)39-26)12-13-33(24)16-29(37)10-11-29/h2-7,20-22,24,27,34-35,37-38H,8-16H2,1H3/t20?,21?,22?,24-,27+,30+,31-/m1/s1. The van der Waals surface area contributed by atoms with E-state index in [0.29, 0.717) is 38.0 Å². The van der Waals surface area contributed by atoms with Crippen molar-refractivity contribution in [1.82, 2.24) is 9.80 Å². The number of β-amino-alcohol motifs (C(OH)–C–C–N with tert-alkyl or cyclic N) is 1. The third kappa shape index (κ3) is 3.14. The maximum absolute atomic E-state index is 13.8. The van der Waals surface area contributed by atoms with Gasteiger partial charge >= 0.3 is 0 Å². The van der Waals surface area contributed by atoms with Crippen LogP contribution in [0.15, 0.2) is 36.4 Å². The molecule has 2 heterocycles. The zero-order valence-corrected chi connectivity index (χ0v) is 22.2. The number of carbonyl (C=O) groups excluding carboxylic acids is 1. The molecule has 4 fully saturated rings. The summed E-state index contributed by atoms with van der Waals surface area (Å²) in [5, 5.41) is 43.9. The second-order valence-electron chi connectivity index (χ2n) is 13.1. The van der Waals surface area contributed by atoms with Gasteiger partial charge in [-0.2, -0.15) is 0 Å². The summed E-state index contributed by atoms with van der Waals surface area (Å²) in [6.07, 6.45) is 4.41. The minimum absolute atomic E-state index is 0.0877. The van der Waals surface area contributed by atoms with Gasteiger partial charge in [0.05, 0.1) is 22.7 Å². The number of phenols is 2. The molecule has 2 aromatic rings. The molecule has 8 rings (SSSR count). The van der Waals surface area contributed by atoms with Crippen LogP contribution in [0.4, 0.5) is 0 Å². The van der Waals surface area contributed by atoms with Crippen LogP contribution in [0.1, 0.15) is 61.1 Å². The molecule has 6 aliphatic rings. The molecule has 39 heavy (non-hydrogen) atoms. The molecule has 1 saturated heterocycles. The van der Waals surface area contributed by atoms with Gasteiger partial charge in [0.15, 0.2) is 11.5 Å². The fourth-order valence-electron chi connectivity index (χ4n) is 8.85. The lowest BCUT2D eigenvalue weighted by atomic mass is 9.48. The molecule has 2 aliphatic heterocycles. The van der Waals surface area contributed by atoms with Gasteiger partial charge in [-0.05, 0) is 86.7 Å². The summed E-state index contributed by atoms with van der Waals surface area (Å²) in [5.74, 6) is 0.916. The maximum atomic E-state index is 13.8. The summed E-state index contributed by atoms with van der Waals surface area (Å²) in [5.41, 5.74) is 0.678. The van der Waals surface area contributed by atoms with Gasteiger partial charge in [-0.1, -0.05) is 18.2 Å². The first kappa shape index (κ1) is 24.0. The highest BCUT2D eigenvalue weighted by Gasteiger charge is 2.74. The summed E-state index contributed by atoms with van der Waals surface area (Å²) >= 11 is 0. The average molecular weight is 533 g/mol. The number of benzene rings is 2. The SMILES string of the molecule is CN(C(=O)C1CC1c1ccc(O)cc1)C1CC[C@@]2(O)[C@H]3Cc4ccc(O)c5c4[C@@]2(CCN3CC2(O)CC2)[C@H]1O5. The highest BCUT2D eigenvalue weighted by molar-refractivity contribution is 5.83. The monoisotopic (exact) mass is 532 g/mol. The smallest absolute Gasteiger partial charge is 0.226 e. The Morgan fingerprint density at radius 2 is 1.85 bits per heavy atom. The van der Waals surface area contributed by atoms with E-state index in [1.54, 1.807) is 18.2 Å². The predicted octanol–water partition coefficient (Wildman–Crippen LogP) is 2.41. The molecule has 206 valence electrons. The lowest BCUT2D eigenvalue weighted by Gasteiger charge is -2.64. The fraction of sp³-hybridized carbons (Fsp3) is 0.581. The first-order valence-electron chi connectivity index (χ1n) is 14.4. The van der Waals surface area contributed by atoms with Crippen molar-refractivity contribution < 1.29 is 30.0 Å². The molecule has 4 aliphatic carbocycles. The maximum Gasteiger partial charge on any atom is 0.226 e. The first-order valence-corrected chi connectivity index (χ1v) is 14.4. The molecule has 3 unspecified atom stereocenters. The largest absolute Gasteiger partial charge is 0.508 e. The van der Waals surface area contributed by atoms with E-state index in [-0.39, 0.29) is 41.3 Å². The number of hydrogen-bond donors (Lipinski definition) is 4. The third-order valence-corrected chi connectivity index (χ3v) is 11.1. The van der Waals surface area contributed by atoms with Crippen LogP contribution in [0.25, 0.3) is 0 Å². The zero-order valence-electron chi connectivity index (χ0n) is 22.2. The van der Waals surface area contributed by atoms with Gasteiger partial charge in [-0.3, -0.25) is 9.69 Å². The van der Waals surface area contributed by atoms with Gasteiger partial charge in [0.25, 0.3) is 0 Å². The Kier molecular flexibility index (Phi) is 4.73. The number of piperidine rings is 1. The Morgan fingerprint density at radius 3 is 2.59 bits per heavy atom. The van der Waals surface area contributed by atoms with E-state index in [1.165, 1.54) is 0 Å². The van der Waals surface area contributed by atoms with Crippen LogP contribution in [0.2, 0.25) is 0 Å². The molecule has 0 aromatic heterocycles. The molecule has 2 aromatic carbocycles. The van der Waals surface area contributed by atoms with Crippen molar-refractivity contribution in [2.75, 3.05) is 20.1 Å². The quantitative estimate of drug-likeness (QED) is 0.468. The van der Waals surface area contributed by atoms with E-state index >= 15 is 0 Å². The van der Waals surface area contributed by atoms with Gasteiger partial charge in [0.2, 0.25) is 5.91 Å². The number of rotatable bonds is 5. The van der Waals surface area contributed by atoms with Crippen LogP contribution in [0.3, 0.4) is 0 Å². The second kappa shape index (κ2) is 7.68. The van der Waals surface area contributed by atoms with Crippen molar-refractivity contribution in [3.8, 4) is 17.2 Å². The van der Waals surface area contributed by atoms with Crippen LogP contribution >= 0.6 is 0 Å². The molecular formula is C31H36N2O6. The number of amides is 1. The zero-order chi connectivity index (χ0) is 26.9. The number of aromatic hydroxyl groups is 2. The van der Waals surface area contributed by atoms with E-state index in [9.17, 15) is 25.2 Å². The first-order chi connectivity index (χ1) is 18.7. The van der Waals surface area contributed by atoms with E-state index < -0.39 is 22.7 Å². The number of nitrogens with zero attached hydrogens (tertiary/aromatic N) is 2. The summed E-state index contributed by atoms with van der Waals surface area (Å²) in [6, 6.07) is 10.4. The summed E-state index contributed by atoms with van der Waals surface area (Å²) in [4.78, 5) is 17.9. The number of likely N-dealkylation sites (N-methyl/N-ethyl adjacent to an activating group) is 1. The highest BCUT2D eigenvalue weighted by Crippen LogP contribution is 2.66. The molecule has 7 atom stereocenters. The Morgan fingerprint density at radius 1 is 1.08 bits per heavy atom. The molecular weight excluding hydrogens is 496 g/mol. The Bertz CT molecular complexity index is 1370. The van der Waals surface area contributed by atoms with Crippen molar-refractivity contribution in [3.05, 3.63) is 53.1 Å². The summed E-state index contributed by atoms with van der Waals surface area (Å²) in [6.45, 7) is 1.31. The van der Waals surface area contributed by atoms with Crippen molar-refractivity contribution in [2.24, 2.45) is 5.92 Å². The van der Waals surface area contributed by atoms with Crippen molar-refractivity contribution in [1.29, 1.82) is 0 Å². The Labute approximate surface area is 227 Å². The Balaban J connectivity index is 1.13. The molecule has 4 N–H and O–H groups in total. The minimum Gasteiger partial charge on any atom is -0.508 e. The Hall–Kier alpha value is -2.81. The molecule has 1 amide bonds. The normalized spacial score (nSPS) is 38.5. The van der Waals surface area contributed by atoms with E-state index in [0.717, 1.165) is 42.5 Å². The van der Waals surface area contributed by atoms with Gasteiger partial charge < -0.3 is 30.1 Å². The number of hydrogen-bond acceptors (Lipinski definition) is 7. The average Bonchev–Trinajstić information content (AvgIpc) is 3.82. The number of carbonyl (C=O) groups is 1. The summed E-state index contributed by atoms with van der Waals surface area (Å²) in [7, 11) is 1.87. The molecule has 8 nitrogen and oxygen atoms in total. The number of phenolic OH excluding ortho intramolecular Hbond substituents is 2. The van der Waals surface area contributed by atoms with Crippen LogP contribution in [0.5, 0.6) is 17.2 Å². The summed E-state index contributed by atoms with van der Waals surface area (Å²) < 4.78 is 6.63. The lowest BCUT2D eigenvalue weighted by Crippen LogP contribution is -2.78. The van der Waals surface area contributed by atoms with Crippen molar-refractivity contribution in [2.45, 2.75) is 85.7 Å². The molecule has 1 spiro atoms. The molecule has 8 heteroatoms. The van der Waals surface area contributed by atoms with Gasteiger partial charge in [0.1, 0.15) is 11.9 Å². The van der Waals surface area contributed by atoms with E-state index in [1.807, 2.05) is 30.1 Å². The second-order valence-corrected chi connectivity index (χ2v) is 13.1. The van der Waals surface area contributed by atoms with E-state index in [4.69, 9.17) is 4.74 Å². The van der Waals surface area contributed by atoms with Crippen molar-refractivity contribution >= 4 is 5.91 Å². The lowest BCUT2D eigenvalue weighted by molar-refractivity contribution is -0.203. The van der Waals surface area contributed by atoms with Crippen LogP contribution in [-0.4, -0.2) is 85.7 Å². The van der Waals surface area contributed by atoms with Gasteiger partial charge in [-0.25, -0.2) is 0 Å². The molecule has 2 bridgehead atoms.